The van der Waals surface area contributed by atoms with E-state index in [0.717, 1.165) is 6.54 Å². The van der Waals surface area contributed by atoms with Crippen LogP contribution in [-0.2, 0) is 0 Å². The van der Waals surface area contributed by atoms with Crippen LogP contribution < -0.4 is 0 Å². The molecule has 0 saturated carbocycles. The van der Waals surface area contributed by atoms with Crippen molar-refractivity contribution in [2.24, 2.45) is 0 Å². The second-order valence-corrected chi connectivity index (χ2v) is 10.2. The molecular formula is C13H32N2S. The maximum absolute atomic E-state index is 2.63. The van der Waals surface area contributed by atoms with Crippen LogP contribution in [0.2, 0.25) is 0 Å². The monoisotopic (exact) mass is 248 g/mol. The SMILES string of the molecule is CCN(C(C)(C)C)S(C)(C)N(C)C(C)(C)C. The van der Waals surface area contributed by atoms with Crippen LogP contribution in [0.5, 0.6) is 0 Å². The van der Waals surface area contributed by atoms with Gasteiger partial charge in [-0.15, -0.1) is 10.4 Å². The van der Waals surface area contributed by atoms with Gasteiger partial charge in [0, 0.05) is 17.6 Å². The fourth-order valence-corrected chi connectivity index (χ4v) is 5.89. The number of hydrogen-bond donors (Lipinski definition) is 0. The second-order valence-electron chi connectivity index (χ2n) is 6.75. The summed E-state index contributed by atoms with van der Waals surface area (Å²) in [6.07, 6.45) is 4.79. The van der Waals surface area contributed by atoms with E-state index in [4.69, 9.17) is 0 Å². The Hall–Kier alpha value is 0.270. The van der Waals surface area contributed by atoms with Crippen LogP contribution in [0.15, 0.2) is 0 Å². The van der Waals surface area contributed by atoms with Gasteiger partial charge in [0.2, 0.25) is 0 Å². The average molecular weight is 248 g/mol. The van der Waals surface area contributed by atoms with Crippen molar-refractivity contribution in [2.45, 2.75) is 59.5 Å². The Morgan fingerprint density at radius 3 is 1.44 bits per heavy atom. The summed E-state index contributed by atoms with van der Waals surface area (Å²) >= 11 is 0. The Labute approximate surface area is 105 Å². The summed E-state index contributed by atoms with van der Waals surface area (Å²) in [6, 6.07) is 0. The lowest BCUT2D eigenvalue weighted by Gasteiger charge is -2.58. The van der Waals surface area contributed by atoms with Crippen LogP contribution >= 0.6 is 10.4 Å². The standard InChI is InChI=1S/C13H32N2S/c1-11-15(13(5,6)7)16(9,10)14(8)12(2,3)4/h11H2,1-10H3. The fraction of sp³-hybridized carbons (Fsp3) is 1.00. The van der Waals surface area contributed by atoms with Crippen molar-refractivity contribution in [1.29, 1.82) is 0 Å². The minimum atomic E-state index is -0.900. The molecule has 0 aromatic heterocycles. The second kappa shape index (κ2) is 4.87. The zero-order chi connectivity index (χ0) is 13.4. The maximum Gasteiger partial charge on any atom is 0.0224 e. The van der Waals surface area contributed by atoms with Crippen LogP contribution in [0.25, 0.3) is 0 Å². The van der Waals surface area contributed by atoms with E-state index in [9.17, 15) is 0 Å². The fourth-order valence-electron chi connectivity index (χ4n) is 2.28. The van der Waals surface area contributed by atoms with Crippen LogP contribution in [-0.4, -0.2) is 45.8 Å². The van der Waals surface area contributed by atoms with Gasteiger partial charge in [0.1, 0.15) is 0 Å². The Balaban J connectivity index is 5.16. The van der Waals surface area contributed by atoms with Crippen LogP contribution in [0.1, 0.15) is 48.5 Å². The minimum absolute atomic E-state index is 0.220. The van der Waals surface area contributed by atoms with E-state index in [2.05, 4.69) is 76.6 Å². The Morgan fingerprint density at radius 2 is 1.25 bits per heavy atom. The first kappa shape index (κ1) is 16.3. The molecule has 0 atom stereocenters. The molecule has 0 fully saturated rings. The first-order chi connectivity index (χ1) is 6.85. The predicted molar refractivity (Wildman–Crippen MR) is 79.1 cm³/mol. The van der Waals surface area contributed by atoms with E-state index in [0.29, 0.717) is 0 Å². The lowest BCUT2D eigenvalue weighted by molar-refractivity contribution is 0.238. The van der Waals surface area contributed by atoms with Crippen LogP contribution in [0, 0.1) is 0 Å². The molecule has 0 N–H and O–H groups in total. The highest BCUT2D eigenvalue weighted by molar-refractivity contribution is 8.28. The van der Waals surface area contributed by atoms with Gasteiger partial charge >= 0.3 is 0 Å². The molecule has 0 amide bonds. The Kier molecular flexibility index (Phi) is 4.95. The molecule has 0 saturated heterocycles. The van der Waals surface area contributed by atoms with E-state index in [1.165, 1.54) is 0 Å². The normalized spacial score (nSPS) is 16.0. The summed E-state index contributed by atoms with van der Waals surface area (Å²) in [4.78, 5) is 0. The average Bonchev–Trinajstić information content (AvgIpc) is 1.98. The van der Waals surface area contributed by atoms with Crippen molar-refractivity contribution in [3.05, 3.63) is 0 Å². The molecule has 0 rings (SSSR count). The molecule has 16 heavy (non-hydrogen) atoms. The molecule has 0 spiro atoms. The van der Waals surface area contributed by atoms with Gasteiger partial charge < -0.3 is 0 Å². The molecule has 0 aliphatic carbocycles. The summed E-state index contributed by atoms with van der Waals surface area (Å²) in [5, 5.41) is 0. The predicted octanol–water partition coefficient (Wildman–Crippen LogP) is 3.73. The molecule has 0 bridgehead atoms. The van der Waals surface area contributed by atoms with Crippen molar-refractivity contribution < 1.29 is 0 Å². The van der Waals surface area contributed by atoms with Gasteiger partial charge in [-0.3, -0.25) is 8.61 Å². The lowest BCUT2D eigenvalue weighted by Crippen LogP contribution is -2.51. The summed E-state index contributed by atoms with van der Waals surface area (Å²) in [7, 11) is 1.35. The van der Waals surface area contributed by atoms with E-state index in [1.54, 1.807) is 0 Å². The Bertz CT molecular complexity index is 223. The molecular weight excluding hydrogens is 216 g/mol. The van der Waals surface area contributed by atoms with Crippen molar-refractivity contribution in [3.63, 3.8) is 0 Å². The molecule has 0 aromatic rings. The first-order valence-corrected chi connectivity index (χ1v) is 8.46. The van der Waals surface area contributed by atoms with E-state index >= 15 is 0 Å². The van der Waals surface area contributed by atoms with Crippen molar-refractivity contribution in [3.8, 4) is 0 Å². The number of hydrogen-bond acceptors (Lipinski definition) is 2. The van der Waals surface area contributed by atoms with Gasteiger partial charge in [-0.05, 0) is 61.1 Å². The summed E-state index contributed by atoms with van der Waals surface area (Å²) in [5.41, 5.74) is 0.449. The minimum Gasteiger partial charge on any atom is -0.254 e. The summed E-state index contributed by atoms with van der Waals surface area (Å²) in [6.45, 7) is 17.2. The highest BCUT2D eigenvalue weighted by atomic mass is 32.3. The zero-order valence-corrected chi connectivity index (χ0v) is 13.8. The molecule has 0 aromatic carbocycles. The smallest absolute Gasteiger partial charge is 0.0224 e. The molecule has 0 aliphatic heterocycles. The van der Waals surface area contributed by atoms with E-state index < -0.39 is 10.4 Å². The maximum atomic E-state index is 2.63. The number of nitrogens with zero attached hydrogens (tertiary/aromatic N) is 2. The largest absolute Gasteiger partial charge is 0.254 e. The Morgan fingerprint density at radius 1 is 0.875 bits per heavy atom. The molecule has 3 heteroatoms. The molecule has 0 radical (unpaired) electrons. The lowest BCUT2D eigenvalue weighted by atomic mass is 10.1. The summed E-state index contributed by atoms with van der Waals surface area (Å²) < 4.78 is 5.17. The van der Waals surface area contributed by atoms with Crippen molar-refractivity contribution in [2.75, 3.05) is 26.1 Å². The summed E-state index contributed by atoms with van der Waals surface area (Å²) in [5.74, 6) is 0. The van der Waals surface area contributed by atoms with Gasteiger partial charge in [-0.25, -0.2) is 0 Å². The third-order valence-electron chi connectivity index (χ3n) is 3.19. The van der Waals surface area contributed by atoms with E-state index in [1.807, 2.05) is 0 Å². The van der Waals surface area contributed by atoms with Crippen molar-refractivity contribution >= 4 is 10.4 Å². The molecule has 0 heterocycles. The first-order valence-electron chi connectivity index (χ1n) is 6.10. The van der Waals surface area contributed by atoms with Crippen LogP contribution in [0.3, 0.4) is 0 Å². The molecule has 0 unspecified atom stereocenters. The van der Waals surface area contributed by atoms with Gasteiger partial charge in [0.05, 0.1) is 0 Å². The molecule has 0 aliphatic rings. The van der Waals surface area contributed by atoms with Gasteiger partial charge in [-0.1, -0.05) is 6.92 Å². The molecule has 100 valence electrons. The van der Waals surface area contributed by atoms with Gasteiger partial charge in [0.25, 0.3) is 0 Å². The highest BCUT2D eigenvalue weighted by Crippen LogP contribution is 2.53. The highest BCUT2D eigenvalue weighted by Gasteiger charge is 2.37. The zero-order valence-electron chi connectivity index (χ0n) is 13.0. The molecule has 2 nitrogen and oxygen atoms in total. The third-order valence-corrected chi connectivity index (χ3v) is 6.96. The van der Waals surface area contributed by atoms with Crippen LogP contribution in [0.4, 0.5) is 0 Å². The van der Waals surface area contributed by atoms with E-state index in [-0.39, 0.29) is 11.1 Å². The van der Waals surface area contributed by atoms with Crippen molar-refractivity contribution in [1.82, 2.24) is 8.61 Å². The van der Waals surface area contributed by atoms with Gasteiger partial charge in [0.15, 0.2) is 0 Å². The number of rotatable bonds is 3. The quantitative estimate of drug-likeness (QED) is 0.751. The van der Waals surface area contributed by atoms with Gasteiger partial charge in [-0.2, -0.15) is 0 Å². The topological polar surface area (TPSA) is 6.48 Å². The third kappa shape index (κ3) is 3.64.